The van der Waals surface area contributed by atoms with Crippen LogP contribution in [0.2, 0.25) is 15.1 Å². The van der Waals surface area contributed by atoms with E-state index in [1.807, 2.05) is 0 Å². The van der Waals surface area contributed by atoms with Crippen LogP contribution in [0.5, 0.6) is 5.75 Å². The molecule has 32 heavy (non-hydrogen) atoms. The molecular formula is C23H18Cl3N3O3. The number of nitrogens with zero attached hydrogens (tertiary/aromatic N) is 1. The Morgan fingerprint density at radius 2 is 1.75 bits per heavy atom. The first-order chi connectivity index (χ1) is 15.3. The van der Waals surface area contributed by atoms with Gasteiger partial charge in [0.25, 0.3) is 5.91 Å². The number of carbonyl (C=O) groups is 2. The van der Waals surface area contributed by atoms with E-state index in [1.54, 1.807) is 60.7 Å². The van der Waals surface area contributed by atoms with E-state index in [2.05, 4.69) is 15.8 Å². The number of hydrazone groups is 1. The summed E-state index contributed by atoms with van der Waals surface area (Å²) < 4.78 is 5.86. The smallest absolute Gasteiger partial charge is 0.271 e. The topological polar surface area (TPSA) is 79.8 Å². The molecule has 0 atom stereocenters. The standard InChI is InChI=1S/C23H18Cl3N3O3/c1-14(30)28-20-4-2-3-15(10-20)23(31)29-27-12-17-9-18(24)7-8-22(17)32-13-16-5-6-19(25)11-21(16)26/h2-12H,13H2,1H3,(H,28,30)(H,29,31). The molecule has 3 rings (SSSR count). The van der Waals surface area contributed by atoms with Crippen molar-refractivity contribution in [3.05, 3.63) is 92.4 Å². The minimum Gasteiger partial charge on any atom is -0.488 e. The Morgan fingerprint density at radius 3 is 2.50 bits per heavy atom. The highest BCUT2D eigenvalue weighted by Gasteiger charge is 2.08. The van der Waals surface area contributed by atoms with Gasteiger partial charge in [0, 0.05) is 44.4 Å². The van der Waals surface area contributed by atoms with Crippen LogP contribution in [-0.4, -0.2) is 18.0 Å². The SMILES string of the molecule is CC(=O)Nc1cccc(C(=O)NN=Cc2cc(Cl)ccc2OCc2ccc(Cl)cc2Cl)c1. The van der Waals surface area contributed by atoms with Gasteiger partial charge >= 0.3 is 0 Å². The van der Waals surface area contributed by atoms with Gasteiger partial charge in [-0.15, -0.1) is 0 Å². The van der Waals surface area contributed by atoms with Gasteiger partial charge in [0.15, 0.2) is 0 Å². The molecule has 0 fully saturated rings. The average molecular weight is 491 g/mol. The molecule has 0 saturated heterocycles. The Kier molecular flexibility index (Phi) is 8.11. The van der Waals surface area contributed by atoms with Crippen LogP contribution in [0.3, 0.4) is 0 Å². The van der Waals surface area contributed by atoms with Gasteiger partial charge in [-0.3, -0.25) is 9.59 Å². The van der Waals surface area contributed by atoms with Crippen molar-refractivity contribution in [3.63, 3.8) is 0 Å². The summed E-state index contributed by atoms with van der Waals surface area (Å²) in [5.41, 5.74) is 4.63. The van der Waals surface area contributed by atoms with Crippen LogP contribution >= 0.6 is 34.8 Å². The monoisotopic (exact) mass is 489 g/mol. The zero-order valence-corrected chi connectivity index (χ0v) is 19.1. The zero-order chi connectivity index (χ0) is 23.1. The molecule has 0 saturated carbocycles. The van der Waals surface area contributed by atoms with E-state index in [1.165, 1.54) is 13.1 Å². The van der Waals surface area contributed by atoms with Crippen LogP contribution in [0.4, 0.5) is 5.69 Å². The number of nitrogens with one attached hydrogen (secondary N) is 2. The van der Waals surface area contributed by atoms with Gasteiger partial charge < -0.3 is 10.1 Å². The summed E-state index contributed by atoms with van der Waals surface area (Å²) in [5.74, 6) is -0.161. The second-order valence-electron chi connectivity index (χ2n) is 6.67. The summed E-state index contributed by atoms with van der Waals surface area (Å²) >= 11 is 18.2. The van der Waals surface area contributed by atoms with Gasteiger partial charge in [0.05, 0.1) is 6.21 Å². The van der Waals surface area contributed by atoms with Crippen LogP contribution in [0.25, 0.3) is 0 Å². The van der Waals surface area contributed by atoms with Crippen LogP contribution in [0.15, 0.2) is 65.8 Å². The Hall–Kier alpha value is -3.06. The minimum atomic E-state index is -0.439. The largest absolute Gasteiger partial charge is 0.488 e. The third-order valence-corrected chi connectivity index (χ3v) is 5.01. The number of hydrogen-bond donors (Lipinski definition) is 2. The fourth-order valence-corrected chi connectivity index (χ4v) is 3.36. The summed E-state index contributed by atoms with van der Waals surface area (Å²) in [6, 6.07) is 16.7. The predicted octanol–water partition coefficient (Wildman–Crippen LogP) is 5.95. The van der Waals surface area contributed by atoms with E-state index in [4.69, 9.17) is 39.5 Å². The quantitative estimate of drug-likeness (QED) is 0.317. The van der Waals surface area contributed by atoms with Crippen LogP contribution < -0.4 is 15.5 Å². The summed E-state index contributed by atoms with van der Waals surface area (Å²) in [5, 5.41) is 8.14. The molecule has 0 aliphatic carbocycles. The normalized spacial score (nSPS) is 10.8. The van der Waals surface area contributed by atoms with Crippen LogP contribution in [0, 0.1) is 0 Å². The first kappa shape index (κ1) is 23.6. The number of benzene rings is 3. The van der Waals surface area contributed by atoms with Gasteiger partial charge in [-0.2, -0.15) is 5.10 Å². The van der Waals surface area contributed by atoms with Crippen molar-refractivity contribution in [2.75, 3.05) is 5.32 Å². The maximum atomic E-state index is 12.4. The summed E-state index contributed by atoms with van der Waals surface area (Å²) in [6.07, 6.45) is 1.43. The molecule has 2 N–H and O–H groups in total. The average Bonchev–Trinajstić information content (AvgIpc) is 2.74. The van der Waals surface area contributed by atoms with Crippen molar-refractivity contribution in [1.29, 1.82) is 0 Å². The molecule has 164 valence electrons. The molecule has 2 amide bonds. The van der Waals surface area contributed by atoms with Crippen molar-refractivity contribution in [1.82, 2.24) is 5.43 Å². The van der Waals surface area contributed by atoms with E-state index in [0.717, 1.165) is 5.56 Å². The number of hydrogen-bond acceptors (Lipinski definition) is 4. The molecule has 0 spiro atoms. The van der Waals surface area contributed by atoms with Crippen LogP contribution in [-0.2, 0) is 11.4 Å². The molecule has 6 nitrogen and oxygen atoms in total. The van der Waals surface area contributed by atoms with Crippen molar-refractivity contribution in [2.45, 2.75) is 13.5 Å². The second kappa shape index (κ2) is 11.0. The molecule has 9 heteroatoms. The number of amides is 2. The Balaban J connectivity index is 1.69. The molecule has 0 unspecified atom stereocenters. The molecule has 0 aromatic heterocycles. The van der Waals surface area contributed by atoms with Gasteiger partial charge in [0.1, 0.15) is 12.4 Å². The predicted molar refractivity (Wildman–Crippen MR) is 128 cm³/mol. The Labute approximate surface area is 200 Å². The molecule has 0 aliphatic rings. The minimum absolute atomic E-state index is 0.209. The fourth-order valence-electron chi connectivity index (χ4n) is 2.71. The zero-order valence-electron chi connectivity index (χ0n) is 16.9. The molecule has 3 aromatic rings. The maximum Gasteiger partial charge on any atom is 0.271 e. The van der Waals surface area contributed by atoms with Crippen molar-refractivity contribution >= 4 is 58.5 Å². The first-order valence-electron chi connectivity index (χ1n) is 9.39. The van der Waals surface area contributed by atoms with Crippen molar-refractivity contribution in [3.8, 4) is 5.75 Å². The van der Waals surface area contributed by atoms with Gasteiger partial charge in [-0.25, -0.2) is 5.43 Å². The van der Waals surface area contributed by atoms with E-state index in [-0.39, 0.29) is 12.5 Å². The fraction of sp³-hybridized carbons (Fsp3) is 0.0870. The molecule has 3 aromatic carbocycles. The lowest BCUT2D eigenvalue weighted by Crippen LogP contribution is -2.18. The van der Waals surface area contributed by atoms with Gasteiger partial charge in [-0.05, 0) is 48.5 Å². The van der Waals surface area contributed by atoms with Crippen LogP contribution in [0.1, 0.15) is 28.4 Å². The Bertz CT molecular complexity index is 1180. The van der Waals surface area contributed by atoms with E-state index < -0.39 is 5.91 Å². The summed E-state index contributed by atoms with van der Waals surface area (Å²) in [6.45, 7) is 1.60. The number of ether oxygens (including phenoxy) is 1. The number of rotatable bonds is 7. The van der Waals surface area contributed by atoms with Crippen molar-refractivity contribution < 1.29 is 14.3 Å². The highest BCUT2D eigenvalue weighted by molar-refractivity contribution is 6.35. The molecule has 0 radical (unpaired) electrons. The molecule has 0 heterocycles. The lowest BCUT2D eigenvalue weighted by atomic mass is 10.2. The second-order valence-corrected chi connectivity index (χ2v) is 7.95. The number of carbonyl (C=O) groups excluding carboxylic acids is 2. The molecule has 0 bridgehead atoms. The third-order valence-electron chi connectivity index (χ3n) is 4.18. The third kappa shape index (κ3) is 6.72. The highest BCUT2D eigenvalue weighted by Crippen LogP contribution is 2.25. The summed E-state index contributed by atoms with van der Waals surface area (Å²) in [7, 11) is 0. The highest BCUT2D eigenvalue weighted by atomic mass is 35.5. The van der Waals surface area contributed by atoms with E-state index >= 15 is 0 Å². The van der Waals surface area contributed by atoms with E-state index in [9.17, 15) is 9.59 Å². The lowest BCUT2D eigenvalue weighted by molar-refractivity contribution is -0.114. The molecular weight excluding hydrogens is 473 g/mol. The van der Waals surface area contributed by atoms with Gasteiger partial charge in [-0.1, -0.05) is 46.9 Å². The first-order valence-corrected chi connectivity index (χ1v) is 10.5. The number of anilines is 1. The molecule has 0 aliphatic heterocycles. The Morgan fingerprint density at radius 1 is 1.00 bits per heavy atom. The van der Waals surface area contributed by atoms with Gasteiger partial charge in [0.2, 0.25) is 5.91 Å². The lowest BCUT2D eigenvalue weighted by Gasteiger charge is -2.11. The summed E-state index contributed by atoms with van der Waals surface area (Å²) in [4.78, 5) is 23.6. The maximum absolute atomic E-state index is 12.4. The number of halogens is 3. The van der Waals surface area contributed by atoms with E-state index in [0.29, 0.717) is 37.6 Å². The van der Waals surface area contributed by atoms with Crippen molar-refractivity contribution in [2.24, 2.45) is 5.10 Å².